The van der Waals surface area contributed by atoms with E-state index in [1.165, 1.54) is 0 Å². The molecule has 2 aliphatic rings. The molecule has 98 valence electrons. The molecule has 0 atom stereocenters. The van der Waals surface area contributed by atoms with Gasteiger partial charge in [-0.1, -0.05) is 24.3 Å². The highest BCUT2D eigenvalue weighted by molar-refractivity contribution is 6.25. The van der Waals surface area contributed by atoms with Crippen LogP contribution in [0.2, 0.25) is 0 Å². The molecular weight excluding hydrogens is 248 g/mol. The summed E-state index contributed by atoms with van der Waals surface area (Å²) in [7, 11) is 0. The predicted octanol–water partition coefficient (Wildman–Crippen LogP) is 3.49. The van der Waals surface area contributed by atoms with Gasteiger partial charge in [-0.15, -0.1) is 0 Å². The molecule has 2 aromatic rings. The molecule has 0 aromatic heterocycles. The van der Waals surface area contributed by atoms with Crippen LogP contribution in [0.1, 0.15) is 29.6 Å². The maximum Gasteiger partial charge on any atom is 0.259 e. The third-order valence-corrected chi connectivity index (χ3v) is 4.55. The SMILES string of the molecule is N#CCC1(CN2C(=O)c3cccc4cccc2c34)CC1. The first-order chi connectivity index (χ1) is 9.74. The number of carbonyl (C=O) groups excluding carboxylic acids is 1. The van der Waals surface area contributed by atoms with Gasteiger partial charge in [-0.25, -0.2) is 0 Å². The second kappa shape index (κ2) is 3.83. The van der Waals surface area contributed by atoms with Crippen LogP contribution in [0, 0.1) is 16.7 Å². The van der Waals surface area contributed by atoms with Gasteiger partial charge in [0.2, 0.25) is 0 Å². The van der Waals surface area contributed by atoms with E-state index in [4.69, 9.17) is 5.26 Å². The first kappa shape index (κ1) is 11.5. The van der Waals surface area contributed by atoms with Crippen LogP contribution in [-0.4, -0.2) is 12.5 Å². The van der Waals surface area contributed by atoms with Crippen molar-refractivity contribution >= 4 is 22.4 Å². The second-order valence-corrected chi connectivity index (χ2v) is 5.91. The number of amides is 1. The average molecular weight is 262 g/mol. The molecule has 1 amide bonds. The number of nitriles is 1. The molecule has 1 saturated carbocycles. The van der Waals surface area contributed by atoms with Crippen molar-refractivity contribution in [2.45, 2.75) is 19.3 Å². The number of rotatable bonds is 3. The van der Waals surface area contributed by atoms with Gasteiger partial charge < -0.3 is 4.90 Å². The van der Waals surface area contributed by atoms with Crippen LogP contribution in [0.15, 0.2) is 36.4 Å². The van der Waals surface area contributed by atoms with Crippen LogP contribution < -0.4 is 4.90 Å². The van der Waals surface area contributed by atoms with Crippen molar-refractivity contribution < 1.29 is 4.79 Å². The van der Waals surface area contributed by atoms with Crippen LogP contribution in [0.25, 0.3) is 10.8 Å². The normalized spacial score (nSPS) is 18.4. The van der Waals surface area contributed by atoms with Crippen molar-refractivity contribution in [3.63, 3.8) is 0 Å². The quantitative estimate of drug-likeness (QED) is 0.849. The average Bonchev–Trinajstić information content (AvgIpc) is 3.17. The lowest BCUT2D eigenvalue weighted by atomic mass is 10.0. The van der Waals surface area contributed by atoms with E-state index < -0.39 is 0 Å². The fraction of sp³-hybridized carbons (Fsp3) is 0.294. The Morgan fingerprint density at radius 2 is 1.95 bits per heavy atom. The summed E-state index contributed by atoms with van der Waals surface area (Å²) in [6, 6.07) is 14.2. The maximum atomic E-state index is 12.6. The van der Waals surface area contributed by atoms with E-state index >= 15 is 0 Å². The Labute approximate surface area is 117 Å². The van der Waals surface area contributed by atoms with Gasteiger partial charge in [0.15, 0.2) is 0 Å². The minimum Gasteiger partial charge on any atom is -0.307 e. The Balaban J connectivity index is 1.80. The van der Waals surface area contributed by atoms with Gasteiger partial charge in [0, 0.05) is 29.3 Å². The lowest BCUT2D eigenvalue weighted by molar-refractivity contribution is 0.0988. The minimum atomic E-state index is 0.0363. The molecule has 1 heterocycles. The third-order valence-electron chi connectivity index (χ3n) is 4.55. The number of benzene rings is 2. The summed E-state index contributed by atoms with van der Waals surface area (Å²) >= 11 is 0. The molecule has 1 fully saturated rings. The van der Waals surface area contributed by atoms with E-state index in [0.717, 1.165) is 34.9 Å². The highest BCUT2D eigenvalue weighted by Crippen LogP contribution is 2.51. The number of nitrogens with zero attached hydrogens (tertiary/aromatic N) is 2. The molecule has 0 saturated heterocycles. The van der Waals surface area contributed by atoms with Crippen LogP contribution in [0.5, 0.6) is 0 Å². The lowest BCUT2D eigenvalue weighted by Crippen LogP contribution is -2.33. The van der Waals surface area contributed by atoms with E-state index in [-0.39, 0.29) is 11.3 Å². The number of carbonyl (C=O) groups is 1. The highest BCUT2D eigenvalue weighted by Gasteiger charge is 2.46. The largest absolute Gasteiger partial charge is 0.307 e. The summed E-state index contributed by atoms with van der Waals surface area (Å²) < 4.78 is 0. The van der Waals surface area contributed by atoms with Crippen LogP contribution in [0.3, 0.4) is 0 Å². The summed E-state index contributed by atoms with van der Waals surface area (Å²) in [4.78, 5) is 14.5. The molecule has 1 aliphatic carbocycles. The Kier molecular flexibility index (Phi) is 2.20. The Morgan fingerprint density at radius 1 is 1.20 bits per heavy atom. The molecule has 3 nitrogen and oxygen atoms in total. The predicted molar refractivity (Wildman–Crippen MR) is 77.5 cm³/mol. The zero-order valence-corrected chi connectivity index (χ0v) is 11.1. The van der Waals surface area contributed by atoms with Gasteiger partial charge in [0.25, 0.3) is 5.91 Å². The van der Waals surface area contributed by atoms with E-state index in [2.05, 4.69) is 6.07 Å². The van der Waals surface area contributed by atoms with Gasteiger partial charge in [0.1, 0.15) is 0 Å². The van der Waals surface area contributed by atoms with Crippen molar-refractivity contribution in [1.82, 2.24) is 0 Å². The second-order valence-electron chi connectivity index (χ2n) is 5.91. The molecule has 2 aromatic carbocycles. The first-order valence-corrected chi connectivity index (χ1v) is 6.95. The summed E-state index contributed by atoms with van der Waals surface area (Å²) in [6.07, 6.45) is 2.65. The van der Waals surface area contributed by atoms with E-state index in [1.54, 1.807) is 0 Å². The third kappa shape index (κ3) is 1.48. The molecule has 0 N–H and O–H groups in total. The molecule has 20 heavy (non-hydrogen) atoms. The fourth-order valence-corrected chi connectivity index (χ4v) is 3.21. The first-order valence-electron chi connectivity index (χ1n) is 6.95. The van der Waals surface area contributed by atoms with Crippen LogP contribution >= 0.6 is 0 Å². The molecule has 4 rings (SSSR count). The summed E-state index contributed by atoms with van der Waals surface area (Å²) in [5, 5.41) is 11.1. The molecule has 0 unspecified atom stereocenters. The Hall–Kier alpha value is -2.34. The van der Waals surface area contributed by atoms with Crippen molar-refractivity contribution in [3.05, 3.63) is 42.0 Å². The molecule has 0 radical (unpaired) electrons. The van der Waals surface area contributed by atoms with E-state index in [0.29, 0.717) is 13.0 Å². The van der Waals surface area contributed by atoms with Crippen molar-refractivity contribution in [2.24, 2.45) is 5.41 Å². The van der Waals surface area contributed by atoms with Crippen LogP contribution in [-0.2, 0) is 0 Å². The van der Waals surface area contributed by atoms with Crippen LogP contribution in [0.4, 0.5) is 5.69 Å². The Bertz CT molecular complexity index is 763. The lowest BCUT2D eigenvalue weighted by Gasteiger charge is -2.22. The summed E-state index contributed by atoms with van der Waals surface area (Å²) in [5.41, 5.74) is 1.84. The fourth-order valence-electron chi connectivity index (χ4n) is 3.21. The number of hydrogen-bond donors (Lipinski definition) is 0. The maximum absolute atomic E-state index is 12.6. The summed E-state index contributed by atoms with van der Waals surface area (Å²) in [5.74, 6) is 0.0843. The topological polar surface area (TPSA) is 44.1 Å². The minimum absolute atomic E-state index is 0.0363. The van der Waals surface area contributed by atoms with Crippen molar-refractivity contribution in [1.29, 1.82) is 5.26 Å². The van der Waals surface area contributed by atoms with E-state index in [9.17, 15) is 4.79 Å². The van der Waals surface area contributed by atoms with Crippen molar-refractivity contribution in [2.75, 3.05) is 11.4 Å². The van der Waals surface area contributed by atoms with Crippen molar-refractivity contribution in [3.8, 4) is 6.07 Å². The number of hydrogen-bond acceptors (Lipinski definition) is 2. The van der Waals surface area contributed by atoms with Gasteiger partial charge in [-0.2, -0.15) is 5.26 Å². The van der Waals surface area contributed by atoms with Gasteiger partial charge in [-0.05, 0) is 30.4 Å². The molecule has 1 aliphatic heterocycles. The summed E-state index contributed by atoms with van der Waals surface area (Å²) in [6.45, 7) is 0.674. The molecule has 0 spiro atoms. The standard InChI is InChI=1S/C17H14N2O/c18-10-9-17(7-8-17)11-19-14-6-2-4-12-3-1-5-13(15(12)14)16(19)20/h1-6H,7-9,11H2. The number of anilines is 1. The monoisotopic (exact) mass is 262 g/mol. The van der Waals surface area contributed by atoms with E-state index in [1.807, 2.05) is 41.3 Å². The zero-order chi connectivity index (χ0) is 13.7. The molecular formula is C17H14N2O. The molecule has 0 bridgehead atoms. The smallest absolute Gasteiger partial charge is 0.259 e. The van der Waals surface area contributed by atoms with Gasteiger partial charge >= 0.3 is 0 Å². The van der Waals surface area contributed by atoms with Gasteiger partial charge in [0.05, 0.1) is 11.8 Å². The zero-order valence-electron chi connectivity index (χ0n) is 11.1. The van der Waals surface area contributed by atoms with Gasteiger partial charge in [-0.3, -0.25) is 4.79 Å². The highest BCUT2D eigenvalue weighted by atomic mass is 16.2. The molecule has 3 heteroatoms. The Morgan fingerprint density at radius 3 is 2.65 bits per heavy atom.